The third-order valence-electron chi connectivity index (χ3n) is 5.02. The van der Waals surface area contributed by atoms with Crippen LogP contribution in [0.4, 0.5) is 15.2 Å². The van der Waals surface area contributed by atoms with E-state index in [1.807, 2.05) is 31.2 Å². The normalized spacial score (nSPS) is 10.5. The minimum Gasteiger partial charge on any atom is -0.497 e. The number of hydrogen-bond acceptors (Lipinski definition) is 6. The molecule has 0 aliphatic heterocycles. The van der Waals surface area contributed by atoms with Crippen LogP contribution >= 0.6 is 11.3 Å². The summed E-state index contributed by atoms with van der Waals surface area (Å²) in [4.78, 5) is 30.7. The van der Waals surface area contributed by atoms with Crippen molar-refractivity contribution in [1.82, 2.24) is 4.98 Å². The molecule has 7 nitrogen and oxygen atoms in total. The molecule has 0 saturated heterocycles. The van der Waals surface area contributed by atoms with Gasteiger partial charge in [0.2, 0.25) is 0 Å². The van der Waals surface area contributed by atoms with Crippen LogP contribution in [0.25, 0.3) is 11.3 Å². The number of halogens is 1. The zero-order valence-electron chi connectivity index (χ0n) is 19.0. The maximum absolute atomic E-state index is 13.7. The highest BCUT2D eigenvalue weighted by molar-refractivity contribution is 7.16. The molecular formula is C26H22FN3O4S. The predicted octanol–water partition coefficient (Wildman–Crippen LogP) is 5.54. The number of benzene rings is 3. The topological polar surface area (TPSA) is 89.6 Å². The third kappa shape index (κ3) is 5.82. The second-order valence-corrected chi connectivity index (χ2v) is 8.62. The summed E-state index contributed by atoms with van der Waals surface area (Å²) in [5.74, 6) is -0.560. The molecule has 4 aromatic rings. The van der Waals surface area contributed by atoms with Crippen LogP contribution in [0.15, 0.2) is 72.8 Å². The average Bonchev–Trinajstić information content (AvgIpc) is 3.24. The number of hydrogen-bond donors (Lipinski definition) is 2. The Hall–Kier alpha value is -4.24. The number of para-hydroxylation sites is 2. The van der Waals surface area contributed by atoms with Crippen LogP contribution < -0.4 is 20.1 Å². The first-order chi connectivity index (χ1) is 16.9. The summed E-state index contributed by atoms with van der Waals surface area (Å²) < 4.78 is 24.5. The average molecular weight is 492 g/mol. The lowest BCUT2D eigenvalue weighted by Gasteiger charge is -2.11. The highest BCUT2D eigenvalue weighted by Gasteiger charge is 2.17. The number of thiazole rings is 1. The van der Waals surface area contributed by atoms with E-state index in [4.69, 9.17) is 9.47 Å². The van der Waals surface area contributed by atoms with Gasteiger partial charge in [0.05, 0.1) is 24.1 Å². The number of ether oxygens (including phenoxy) is 2. The molecule has 3 aromatic carbocycles. The van der Waals surface area contributed by atoms with Gasteiger partial charge in [-0.25, -0.2) is 9.37 Å². The first-order valence-corrected chi connectivity index (χ1v) is 11.5. The van der Waals surface area contributed by atoms with Gasteiger partial charge in [-0.1, -0.05) is 24.3 Å². The molecule has 9 heteroatoms. The number of aryl methyl sites for hydroxylation is 1. The van der Waals surface area contributed by atoms with E-state index in [0.717, 1.165) is 21.9 Å². The van der Waals surface area contributed by atoms with Gasteiger partial charge < -0.3 is 14.8 Å². The molecule has 0 aliphatic carbocycles. The van der Waals surface area contributed by atoms with Gasteiger partial charge in [0, 0.05) is 10.4 Å². The van der Waals surface area contributed by atoms with Crippen molar-refractivity contribution in [1.29, 1.82) is 0 Å². The Morgan fingerprint density at radius 1 is 0.971 bits per heavy atom. The third-order valence-corrected chi connectivity index (χ3v) is 5.91. The quantitative estimate of drug-likeness (QED) is 0.338. The molecule has 2 amide bonds. The van der Waals surface area contributed by atoms with E-state index >= 15 is 0 Å². The molecule has 35 heavy (non-hydrogen) atoms. The van der Waals surface area contributed by atoms with E-state index in [1.165, 1.54) is 29.5 Å². The fourth-order valence-corrected chi connectivity index (χ4v) is 4.13. The summed E-state index contributed by atoms with van der Waals surface area (Å²) in [5, 5.41) is 5.68. The molecule has 0 unspecified atom stereocenters. The smallest absolute Gasteiger partial charge is 0.262 e. The molecule has 2 N–H and O–H groups in total. The fraction of sp³-hybridized carbons (Fsp3) is 0.115. The summed E-state index contributed by atoms with van der Waals surface area (Å²) in [6, 6.07) is 19.9. The number of anilines is 2. The SMILES string of the molecule is COc1ccc(-c2nc(NC(=O)c3ccccc3OCC(=O)Nc3ccccc3F)sc2C)cc1. The van der Waals surface area contributed by atoms with Crippen LogP contribution in [-0.4, -0.2) is 30.5 Å². The maximum Gasteiger partial charge on any atom is 0.262 e. The Kier molecular flexibility index (Phi) is 7.37. The van der Waals surface area contributed by atoms with Crippen LogP contribution in [0, 0.1) is 12.7 Å². The number of rotatable bonds is 8. The number of nitrogens with one attached hydrogen (secondary N) is 2. The molecule has 178 valence electrons. The monoisotopic (exact) mass is 491 g/mol. The second-order valence-electron chi connectivity index (χ2n) is 7.42. The van der Waals surface area contributed by atoms with Gasteiger partial charge in [0.25, 0.3) is 11.8 Å². The summed E-state index contributed by atoms with van der Waals surface area (Å²) in [6.45, 7) is 1.54. The van der Waals surface area contributed by atoms with Crippen LogP contribution in [0.2, 0.25) is 0 Å². The first kappa shape index (κ1) is 23.9. The van der Waals surface area contributed by atoms with Crippen molar-refractivity contribution in [3.63, 3.8) is 0 Å². The Morgan fingerprint density at radius 2 is 1.69 bits per heavy atom. The summed E-state index contributed by atoms with van der Waals surface area (Å²) in [6.07, 6.45) is 0. The van der Waals surface area contributed by atoms with Crippen LogP contribution in [0.1, 0.15) is 15.2 Å². The molecule has 0 atom stereocenters. The lowest BCUT2D eigenvalue weighted by atomic mass is 10.1. The molecule has 0 bridgehead atoms. The molecule has 0 radical (unpaired) electrons. The van der Waals surface area contributed by atoms with Crippen molar-refractivity contribution < 1.29 is 23.5 Å². The summed E-state index contributed by atoms with van der Waals surface area (Å²) >= 11 is 1.35. The van der Waals surface area contributed by atoms with E-state index in [2.05, 4.69) is 15.6 Å². The lowest BCUT2D eigenvalue weighted by molar-refractivity contribution is -0.118. The zero-order valence-corrected chi connectivity index (χ0v) is 19.8. The highest BCUT2D eigenvalue weighted by Crippen LogP contribution is 2.32. The van der Waals surface area contributed by atoms with E-state index in [9.17, 15) is 14.0 Å². The maximum atomic E-state index is 13.7. The number of carbonyl (C=O) groups excluding carboxylic acids is 2. The van der Waals surface area contributed by atoms with Crippen molar-refractivity contribution in [2.45, 2.75) is 6.92 Å². The van der Waals surface area contributed by atoms with E-state index < -0.39 is 24.2 Å². The van der Waals surface area contributed by atoms with Gasteiger partial charge in [-0.05, 0) is 55.5 Å². The Morgan fingerprint density at radius 3 is 2.43 bits per heavy atom. The minimum absolute atomic E-state index is 0.0546. The minimum atomic E-state index is -0.551. The van der Waals surface area contributed by atoms with E-state index in [-0.39, 0.29) is 17.0 Å². The van der Waals surface area contributed by atoms with Crippen molar-refractivity contribution in [3.05, 3.63) is 89.1 Å². The zero-order chi connectivity index (χ0) is 24.8. The molecule has 4 rings (SSSR count). The van der Waals surface area contributed by atoms with Gasteiger partial charge in [0.15, 0.2) is 11.7 Å². The van der Waals surface area contributed by atoms with Gasteiger partial charge in [-0.3, -0.25) is 14.9 Å². The Bertz CT molecular complexity index is 1350. The van der Waals surface area contributed by atoms with Gasteiger partial charge in [0.1, 0.15) is 17.3 Å². The number of methoxy groups -OCH3 is 1. The molecule has 0 saturated carbocycles. The van der Waals surface area contributed by atoms with Crippen LogP contribution in [0.3, 0.4) is 0 Å². The predicted molar refractivity (Wildman–Crippen MR) is 134 cm³/mol. The van der Waals surface area contributed by atoms with Gasteiger partial charge in [-0.15, -0.1) is 11.3 Å². The van der Waals surface area contributed by atoms with E-state index in [1.54, 1.807) is 37.4 Å². The van der Waals surface area contributed by atoms with Crippen LogP contribution in [-0.2, 0) is 4.79 Å². The van der Waals surface area contributed by atoms with Gasteiger partial charge >= 0.3 is 0 Å². The lowest BCUT2D eigenvalue weighted by Crippen LogP contribution is -2.22. The number of aromatic nitrogens is 1. The summed E-state index contributed by atoms with van der Waals surface area (Å²) in [7, 11) is 1.60. The highest BCUT2D eigenvalue weighted by atomic mass is 32.1. The molecule has 1 aromatic heterocycles. The van der Waals surface area contributed by atoms with Crippen molar-refractivity contribution in [3.8, 4) is 22.8 Å². The van der Waals surface area contributed by atoms with Gasteiger partial charge in [-0.2, -0.15) is 0 Å². The summed E-state index contributed by atoms with van der Waals surface area (Å²) in [5.41, 5.74) is 1.97. The Labute approximate surface area is 205 Å². The molecule has 0 aliphatic rings. The van der Waals surface area contributed by atoms with Crippen molar-refractivity contribution in [2.75, 3.05) is 24.4 Å². The number of nitrogens with zero attached hydrogens (tertiary/aromatic N) is 1. The van der Waals surface area contributed by atoms with Crippen LogP contribution in [0.5, 0.6) is 11.5 Å². The largest absolute Gasteiger partial charge is 0.497 e. The molecule has 0 spiro atoms. The number of carbonyl (C=O) groups is 2. The second kappa shape index (κ2) is 10.8. The standard InChI is InChI=1S/C26H22FN3O4S/c1-16-24(17-11-13-18(33-2)14-12-17)29-26(35-16)30-25(32)19-7-3-6-10-22(19)34-15-23(31)28-21-9-5-4-8-20(21)27/h3-14H,15H2,1-2H3,(H,28,31)(H,29,30,32). The molecule has 1 heterocycles. The fourth-order valence-electron chi connectivity index (χ4n) is 3.30. The van der Waals surface area contributed by atoms with Crippen molar-refractivity contribution in [2.24, 2.45) is 0 Å². The van der Waals surface area contributed by atoms with Crippen molar-refractivity contribution >= 4 is 34.0 Å². The number of amides is 2. The molecule has 0 fully saturated rings. The Balaban J connectivity index is 1.43. The first-order valence-electron chi connectivity index (χ1n) is 10.6. The molecular weight excluding hydrogens is 469 g/mol. The van der Waals surface area contributed by atoms with E-state index in [0.29, 0.717) is 5.13 Å².